The first-order valence-electron chi connectivity index (χ1n) is 8.99. The number of nitrogens with one attached hydrogen (secondary N) is 1. The van der Waals surface area contributed by atoms with Crippen molar-refractivity contribution in [3.8, 4) is 0 Å². The summed E-state index contributed by atoms with van der Waals surface area (Å²) >= 11 is 0. The number of morpholine rings is 1. The van der Waals surface area contributed by atoms with Gasteiger partial charge in [-0.15, -0.1) is 0 Å². The summed E-state index contributed by atoms with van der Waals surface area (Å²) in [7, 11) is 0. The molecule has 6 heteroatoms. The zero-order valence-electron chi connectivity index (χ0n) is 14.3. The van der Waals surface area contributed by atoms with Crippen molar-refractivity contribution < 1.29 is 13.9 Å². The van der Waals surface area contributed by atoms with Crippen LogP contribution in [0.2, 0.25) is 0 Å². The third-order valence-electron chi connectivity index (χ3n) is 5.23. The number of nitrogens with zero attached hydrogens (tertiary/aromatic N) is 2. The number of rotatable bonds is 5. The molecule has 0 amide bonds. The van der Waals surface area contributed by atoms with Crippen molar-refractivity contribution in [3.63, 3.8) is 0 Å². The van der Waals surface area contributed by atoms with Gasteiger partial charge in [-0.1, -0.05) is 0 Å². The minimum absolute atomic E-state index is 0.258. The van der Waals surface area contributed by atoms with E-state index in [0.29, 0.717) is 17.5 Å². The largest absolute Gasteiger partial charge is 0.383 e. The minimum atomic E-state index is -0.258. The average molecular weight is 345 g/mol. The third kappa shape index (κ3) is 3.76. The first-order chi connectivity index (χ1) is 12.3. The molecule has 0 aliphatic carbocycles. The van der Waals surface area contributed by atoms with Crippen LogP contribution in [-0.4, -0.2) is 62.0 Å². The highest BCUT2D eigenvalue weighted by Crippen LogP contribution is 2.25. The predicted octanol–water partition coefficient (Wildman–Crippen LogP) is 2.52. The Morgan fingerprint density at radius 1 is 1.20 bits per heavy atom. The molecule has 2 atom stereocenters. The summed E-state index contributed by atoms with van der Waals surface area (Å²) in [6.07, 6.45) is 2.83. The molecule has 0 saturated carbocycles. The van der Waals surface area contributed by atoms with E-state index in [1.165, 1.54) is 12.1 Å². The monoisotopic (exact) mass is 345 g/mol. The highest BCUT2D eigenvalue weighted by molar-refractivity contribution is 5.90. The molecule has 0 spiro atoms. The van der Waals surface area contributed by atoms with E-state index in [-0.39, 0.29) is 5.82 Å². The Kier molecular flexibility index (Phi) is 5.10. The number of benzene rings is 1. The summed E-state index contributed by atoms with van der Waals surface area (Å²) < 4.78 is 24.6. The number of aromatic nitrogens is 1. The molecule has 2 fully saturated rings. The molecule has 0 bridgehead atoms. The Bertz CT molecular complexity index is 715. The molecule has 1 aromatic carbocycles. The Morgan fingerprint density at radius 3 is 2.88 bits per heavy atom. The van der Waals surface area contributed by atoms with Gasteiger partial charge in [-0.2, -0.15) is 0 Å². The van der Waals surface area contributed by atoms with Crippen molar-refractivity contribution in [2.75, 3.05) is 51.4 Å². The molecule has 1 N–H and O–H groups in total. The zero-order chi connectivity index (χ0) is 17.1. The molecule has 1 aromatic heterocycles. The van der Waals surface area contributed by atoms with Crippen LogP contribution in [0.3, 0.4) is 0 Å². The summed E-state index contributed by atoms with van der Waals surface area (Å²) in [6.45, 7) is 6.03. The van der Waals surface area contributed by atoms with Crippen molar-refractivity contribution in [2.45, 2.75) is 12.5 Å². The standard InChI is InChI=1S/C19H24FN3O2/c20-15-1-2-16-17(3-5-21-18(16)11-15)22-12-19(14-4-8-25-13-14)23-6-9-24-10-7-23/h1-3,5,11,14,19H,4,6-10,12-13H2,(H,21,22)/t14-,19+/m0/s1. The topological polar surface area (TPSA) is 46.6 Å². The smallest absolute Gasteiger partial charge is 0.125 e. The molecule has 3 heterocycles. The highest BCUT2D eigenvalue weighted by Gasteiger charge is 2.31. The van der Waals surface area contributed by atoms with E-state index in [1.54, 1.807) is 12.3 Å². The van der Waals surface area contributed by atoms with Gasteiger partial charge < -0.3 is 14.8 Å². The average Bonchev–Trinajstić information content (AvgIpc) is 3.17. The Hall–Kier alpha value is -1.76. The molecule has 2 aliphatic heterocycles. The maximum Gasteiger partial charge on any atom is 0.125 e. The van der Waals surface area contributed by atoms with Crippen molar-refractivity contribution in [3.05, 3.63) is 36.3 Å². The summed E-state index contributed by atoms with van der Waals surface area (Å²) in [4.78, 5) is 6.78. The minimum Gasteiger partial charge on any atom is -0.383 e. The van der Waals surface area contributed by atoms with Crippen LogP contribution in [0.5, 0.6) is 0 Å². The number of fused-ring (bicyclic) bond motifs is 1. The number of hydrogen-bond donors (Lipinski definition) is 1. The van der Waals surface area contributed by atoms with E-state index in [0.717, 1.165) is 63.6 Å². The van der Waals surface area contributed by atoms with Crippen molar-refractivity contribution in [1.82, 2.24) is 9.88 Å². The fourth-order valence-corrected chi connectivity index (χ4v) is 3.85. The van der Waals surface area contributed by atoms with Gasteiger partial charge in [0.25, 0.3) is 0 Å². The van der Waals surface area contributed by atoms with E-state index in [9.17, 15) is 4.39 Å². The van der Waals surface area contributed by atoms with Gasteiger partial charge in [-0.3, -0.25) is 9.88 Å². The number of halogens is 1. The Morgan fingerprint density at radius 2 is 2.08 bits per heavy atom. The van der Waals surface area contributed by atoms with E-state index < -0.39 is 0 Å². The molecule has 4 rings (SSSR count). The SMILES string of the molecule is Fc1ccc2c(NC[C@H]([C@H]3CCOC3)N3CCOCC3)ccnc2c1. The number of ether oxygens (including phenoxy) is 2. The fraction of sp³-hybridized carbons (Fsp3) is 0.526. The first kappa shape index (κ1) is 16.7. The lowest BCUT2D eigenvalue weighted by Crippen LogP contribution is -2.50. The van der Waals surface area contributed by atoms with E-state index in [1.807, 2.05) is 6.07 Å². The second kappa shape index (κ2) is 7.64. The molecule has 2 aromatic rings. The van der Waals surface area contributed by atoms with Crippen LogP contribution in [0.4, 0.5) is 10.1 Å². The number of anilines is 1. The van der Waals surface area contributed by atoms with Gasteiger partial charge in [0.1, 0.15) is 5.82 Å². The maximum absolute atomic E-state index is 13.4. The third-order valence-corrected chi connectivity index (χ3v) is 5.23. The molecule has 134 valence electrons. The highest BCUT2D eigenvalue weighted by atomic mass is 19.1. The van der Waals surface area contributed by atoms with Gasteiger partial charge in [-0.05, 0) is 24.6 Å². The van der Waals surface area contributed by atoms with Gasteiger partial charge in [0, 0.05) is 61.5 Å². The summed E-state index contributed by atoms with van der Waals surface area (Å²) in [6, 6.07) is 7.13. The van der Waals surface area contributed by atoms with Crippen LogP contribution in [-0.2, 0) is 9.47 Å². The van der Waals surface area contributed by atoms with Crippen LogP contribution in [0, 0.1) is 11.7 Å². The van der Waals surface area contributed by atoms with Crippen LogP contribution in [0.25, 0.3) is 10.9 Å². The Labute approximate surface area is 147 Å². The quantitative estimate of drug-likeness (QED) is 0.902. The van der Waals surface area contributed by atoms with Gasteiger partial charge in [0.2, 0.25) is 0 Å². The molecule has 2 saturated heterocycles. The molecular weight excluding hydrogens is 321 g/mol. The second-order valence-electron chi connectivity index (χ2n) is 6.74. The van der Waals surface area contributed by atoms with Gasteiger partial charge >= 0.3 is 0 Å². The van der Waals surface area contributed by atoms with Crippen LogP contribution < -0.4 is 5.32 Å². The van der Waals surface area contributed by atoms with E-state index in [2.05, 4.69) is 15.2 Å². The van der Waals surface area contributed by atoms with E-state index in [4.69, 9.17) is 9.47 Å². The molecule has 25 heavy (non-hydrogen) atoms. The van der Waals surface area contributed by atoms with Crippen LogP contribution in [0.1, 0.15) is 6.42 Å². The lowest BCUT2D eigenvalue weighted by Gasteiger charge is -2.37. The van der Waals surface area contributed by atoms with Gasteiger partial charge in [0.05, 0.1) is 25.3 Å². The lowest BCUT2D eigenvalue weighted by molar-refractivity contribution is 0.00462. The van der Waals surface area contributed by atoms with Crippen molar-refractivity contribution in [2.24, 2.45) is 5.92 Å². The number of hydrogen-bond acceptors (Lipinski definition) is 5. The second-order valence-corrected chi connectivity index (χ2v) is 6.74. The number of pyridine rings is 1. The van der Waals surface area contributed by atoms with Crippen LogP contribution >= 0.6 is 0 Å². The first-order valence-corrected chi connectivity index (χ1v) is 8.99. The van der Waals surface area contributed by atoms with Crippen molar-refractivity contribution in [1.29, 1.82) is 0 Å². The molecular formula is C19H24FN3O2. The normalized spacial score (nSPS) is 23.0. The summed E-state index contributed by atoms with van der Waals surface area (Å²) in [5, 5.41) is 4.53. The Balaban J connectivity index is 1.52. The van der Waals surface area contributed by atoms with Gasteiger partial charge in [0.15, 0.2) is 0 Å². The molecule has 5 nitrogen and oxygen atoms in total. The van der Waals surface area contributed by atoms with Gasteiger partial charge in [-0.25, -0.2) is 4.39 Å². The molecule has 0 radical (unpaired) electrons. The summed E-state index contributed by atoms with van der Waals surface area (Å²) in [5.74, 6) is 0.280. The lowest BCUT2D eigenvalue weighted by atomic mass is 9.96. The molecule has 2 aliphatic rings. The maximum atomic E-state index is 13.4. The van der Waals surface area contributed by atoms with Crippen LogP contribution in [0.15, 0.2) is 30.5 Å². The van der Waals surface area contributed by atoms with E-state index >= 15 is 0 Å². The van der Waals surface area contributed by atoms with Crippen molar-refractivity contribution >= 4 is 16.6 Å². The zero-order valence-corrected chi connectivity index (χ0v) is 14.3. The predicted molar refractivity (Wildman–Crippen MR) is 95.3 cm³/mol. The fourth-order valence-electron chi connectivity index (χ4n) is 3.85. The summed E-state index contributed by atoms with van der Waals surface area (Å²) in [5.41, 5.74) is 1.68. The molecule has 0 unspecified atom stereocenters.